The zero-order chi connectivity index (χ0) is 32.0. The summed E-state index contributed by atoms with van der Waals surface area (Å²) in [5, 5.41) is 3.07. The second-order valence-electron chi connectivity index (χ2n) is 12.9. The summed E-state index contributed by atoms with van der Waals surface area (Å²) in [4.78, 5) is 25.6. The molecule has 2 amide bonds. The Bertz CT molecular complexity index is 996. The Morgan fingerprint density at radius 2 is 1.37 bits per heavy atom. The number of unbranched alkanes of at least 4 members (excludes halogenated alkanes) is 13. The fourth-order valence-corrected chi connectivity index (χ4v) is 5.86. The zero-order valence-electron chi connectivity index (χ0n) is 27.7. The largest absolute Gasteiger partial charge is 0.744 e. The van der Waals surface area contributed by atoms with Gasteiger partial charge in [0.25, 0.3) is 0 Å². The van der Waals surface area contributed by atoms with Gasteiger partial charge in [0.2, 0.25) is 11.8 Å². The van der Waals surface area contributed by atoms with Crippen LogP contribution >= 0.6 is 0 Å². The van der Waals surface area contributed by atoms with E-state index in [9.17, 15) is 22.6 Å². The molecule has 8 nitrogen and oxygen atoms in total. The van der Waals surface area contributed by atoms with Gasteiger partial charge < -0.3 is 14.4 Å². The molecule has 248 valence electrons. The van der Waals surface area contributed by atoms with Gasteiger partial charge in [0.15, 0.2) is 6.67 Å². The van der Waals surface area contributed by atoms with Crippen LogP contribution in [0.1, 0.15) is 128 Å². The van der Waals surface area contributed by atoms with Gasteiger partial charge in [0, 0.05) is 32.4 Å². The molecule has 1 saturated heterocycles. The number of rotatable bonds is 22. The van der Waals surface area contributed by atoms with Crippen LogP contribution in [-0.4, -0.2) is 74.6 Å². The monoisotopic (exact) mass is 623 g/mol. The molecule has 0 unspecified atom stereocenters. The predicted octanol–water partition coefficient (Wildman–Crippen LogP) is 6.92. The molecule has 0 aromatic heterocycles. The van der Waals surface area contributed by atoms with Crippen molar-refractivity contribution in [3.05, 3.63) is 29.8 Å². The minimum atomic E-state index is -4.27. The molecule has 1 aliphatic heterocycles. The first kappa shape index (κ1) is 39.1. The number of carbonyl (C=O) groups excluding carboxylic acids is 2. The van der Waals surface area contributed by atoms with E-state index in [2.05, 4.69) is 26.3 Å². The standard InChI is InChI=1S/C27H53N3O2.C7H8O3S/c1-4-5-6-7-8-9-10-11-12-13-14-15-16-17-20-26(31)28-22-19-24-30(2,3)25-29-23-18-21-27(29)32;1-6-2-4-7(5-3-6)11(8,9)10/h4-25H2,1-3H3;2-5H,1H3,(H,8,9,10). The van der Waals surface area contributed by atoms with Gasteiger partial charge in [-0.25, -0.2) is 8.42 Å². The lowest BCUT2D eigenvalue weighted by atomic mass is 10.0. The van der Waals surface area contributed by atoms with E-state index >= 15 is 0 Å². The minimum absolute atomic E-state index is 0.178. The van der Waals surface area contributed by atoms with Gasteiger partial charge in [0.05, 0.1) is 25.5 Å². The van der Waals surface area contributed by atoms with Crippen LogP contribution in [-0.2, 0) is 19.7 Å². The van der Waals surface area contributed by atoms with Gasteiger partial charge in [-0.1, -0.05) is 108 Å². The van der Waals surface area contributed by atoms with Crippen LogP contribution in [0.3, 0.4) is 0 Å². The lowest BCUT2D eigenvalue weighted by Crippen LogP contribution is -2.50. The summed E-state index contributed by atoms with van der Waals surface area (Å²) in [6.45, 7) is 7.50. The van der Waals surface area contributed by atoms with Crippen molar-refractivity contribution in [2.24, 2.45) is 0 Å². The van der Waals surface area contributed by atoms with Gasteiger partial charge in [-0.3, -0.25) is 14.5 Å². The molecule has 43 heavy (non-hydrogen) atoms. The molecule has 1 aromatic rings. The van der Waals surface area contributed by atoms with Gasteiger partial charge in [0.1, 0.15) is 10.1 Å². The van der Waals surface area contributed by atoms with Crippen molar-refractivity contribution < 1.29 is 27.0 Å². The summed E-state index contributed by atoms with van der Waals surface area (Å²) < 4.78 is 32.0. The average molecular weight is 624 g/mol. The van der Waals surface area contributed by atoms with E-state index in [0.717, 1.165) is 55.6 Å². The average Bonchev–Trinajstić information content (AvgIpc) is 3.34. The molecule has 0 saturated carbocycles. The van der Waals surface area contributed by atoms with Gasteiger partial charge >= 0.3 is 0 Å². The fourth-order valence-electron chi connectivity index (χ4n) is 5.39. The normalized spacial score (nSPS) is 13.6. The number of amides is 2. The van der Waals surface area contributed by atoms with Crippen LogP contribution in [0, 0.1) is 6.92 Å². The summed E-state index contributed by atoms with van der Waals surface area (Å²) in [6.07, 6.45) is 22.1. The highest BCUT2D eigenvalue weighted by Gasteiger charge is 2.27. The highest BCUT2D eigenvalue weighted by atomic mass is 32.2. The van der Waals surface area contributed by atoms with Gasteiger partial charge in [-0.15, -0.1) is 0 Å². The fraction of sp³-hybridized carbons (Fsp3) is 0.765. The number of hydrogen-bond donors (Lipinski definition) is 1. The highest BCUT2D eigenvalue weighted by molar-refractivity contribution is 7.85. The van der Waals surface area contributed by atoms with Crippen molar-refractivity contribution in [1.29, 1.82) is 0 Å². The Balaban J connectivity index is 0.000000699. The number of carbonyl (C=O) groups is 2. The van der Waals surface area contributed by atoms with E-state index in [0.29, 0.717) is 12.8 Å². The van der Waals surface area contributed by atoms with Crippen molar-refractivity contribution in [2.45, 2.75) is 134 Å². The highest BCUT2D eigenvalue weighted by Crippen LogP contribution is 2.14. The predicted molar refractivity (Wildman–Crippen MR) is 174 cm³/mol. The van der Waals surface area contributed by atoms with Gasteiger partial charge in [-0.05, 0) is 31.9 Å². The van der Waals surface area contributed by atoms with Crippen LogP contribution in [0.25, 0.3) is 0 Å². The second kappa shape index (κ2) is 22.5. The van der Waals surface area contributed by atoms with Crippen molar-refractivity contribution in [3.63, 3.8) is 0 Å². The maximum atomic E-state index is 12.0. The van der Waals surface area contributed by atoms with Crippen LogP contribution in [0.2, 0.25) is 0 Å². The molecule has 1 aromatic carbocycles. The Kier molecular flexibility index (Phi) is 20.5. The molecule has 0 spiro atoms. The maximum absolute atomic E-state index is 12.0. The maximum Gasteiger partial charge on any atom is 0.226 e. The molecule has 2 rings (SSSR count). The first-order valence-electron chi connectivity index (χ1n) is 16.8. The van der Waals surface area contributed by atoms with Crippen LogP contribution in [0.4, 0.5) is 0 Å². The number of benzene rings is 1. The quantitative estimate of drug-likeness (QED) is 0.0857. The molecule has 0 atom stereocenters. The topological polar surface area (TPSA) is 107 Å². The number of nitrogens with one attached hydrogen (secondary N) is 1. The molecule has 0 bridgehead atoms. The molecule has 1 fully saturated rings. The summed E-state index contributed by atoms with van der Waals surface area (Å²) in [5.74, 6) is 0.488. The van der Waals surface area contributed by atoms with Crippen molar-refractivity contribution in [3.8, 4) is 0 Å². The smallest absolute Gasteiger partial charge is 0.226 e. The van der Waals surface area contributed by atoms with E-state index in [1.54, 1.807) is 12.1 Å². The third kappa shape index (κ3) is 20.6. The Hall–Kier alpha value is -1.97. The summed E-state index contributed by atoms with van der Waals surface area (Å²) in [6, 6.07) is 5.78. The van der Waals surface area contributed by atoms with Crippen LogP contribution < -0.4 is 5.32 Å². The van der Waals surface area contributed by atoms with Crippen LogP contribution in [0.5, 0.6) is 0 Å². The lowest BCUT2D eigenvalue weighted by Gasteiger charge is -2.33. The van der Waals surface area contributed by atoms with E-state index in [4.69, 9.17) is 0 Å². The number of quaternary nitrogens is 1. The lowest BCUT2D eigenvalue weighted by molar-refractivity contribution is -0.898. The Morgan fingerprint density at radius 1 is 0.860 bits per heavy atom. The first-order valence-corrected chi connectivity index (χ1v) is 18.2. The van der Waals surface area contributed by atoms with Gasteiger partial charge in [-0.2, -0.15) is 0 Å². The molecular weight excluding hydrogens is 562 g/mol. The van der Waals surface area contributed by atoms with E-state index < -0.39 is 10.1 Å². The summed E-state index contributed by atoms with van der Waals surface area (Å²) >= 11 is 0. The van der Waals surface area contributed by atoms with E-state index in [1.165, 1.54) is 95.6 Å². The molecule has 0 aliphatic carbocycles. The minimum Gasteiger partial charge on any atom is -0.744 e. The second-order valence-corrected chi connectivity index (χ2v) is 14.3. The molecule has 0 radical (unpaired) electrons. The number of nitrogens with zero attached hydrogens (tertiary/aromatic N) is 2. The van der Waals surface area contributed by atoms with Crippen molar-refractivity contribution >= 4 is 21.9 Å². The Labute approximate surface area is 263 Å². The number of likely N-dealkylation sites (tertiary alicyclic amines) is 1. The van der Waals surface area contributed by atoms with E-state index in [1.807, 2.05) is 11.8 Å². The summed E-state index contributed by atoms with van der Waals surface area (Å²) in [5.41, 5.74) is 0.928. The summed E-state index contributed by atoms with van der Waals surface area (Å²) in [7, 11) is 0.0679. The number of hydrogen-bond acceptors (Lipinski definition) is 5. The first-order chi connectivity index (χ1) is 20.4. The molecule has 9 heteroatoms. The molecular formula is C34H61N3O5S. The number of aryl methyl sites for hydroxylation is 1. The molecule has 1 N–H and O–H groups in total. The van der Waals surface area contributed by atoms with Crippen LogP contribution in [0.15, 0.2) is 29.2 Å². The van der Waals surface area contributed by atoms with E-state index in [-0.39, 0.29) is 16.7 Å². The third-order valence-corrected chi connectivity index (χ3v) is 8.90. The van der Waals surface area contributed by atoms with Crippen molar-refractivity contribution in [2.75, 3.05) is 40.4 Å². The molecule has 1 aliphatic rings. The third-order valence-electron chi connectivity index (χ3n) is 8.05. The Morgan fingerprint density at radius 3 is 1.84 bits per heavy atom. The zero-order valence-corrected chi connectivity index (χ0v) is 28.5. The SMILES string of the molecule is CCCCCCCCCCCCCCCCC(=O)NCCC[N+](C)(C)CN1CCCC1=O.Cc1ccc(S(=O)(=O)[O-])cc1. The molecule has 1 heterocycles. The van der Waals surface area contributed by atoms with Crippen molar-refractivity contribution in [1.82, 2.24) is 10.2 Å².